The van der Waals surface area contributed by atoms with Crippen LogP contribution in [-0.4, -0.2) is 3.96 Å². The van der Waals surface area contributed by atoms with Gasteiger partial charge < -0.3 is 0 Å². The van der Waals surface area contributed by atoms with Gasteiger partial charge in [-0.05, 0) is 36.4 Å². The summed E-state index contributed by atoms with van der Waals surface area (Å²) in [6, 6.07) is 9.03. The molecule has 0 unspecified atom stereocenters. The minimum absolute atomic E-state index is 0.196. The normalized spacial score (nSPS) is 11.1. The Labute approximate surface area is 121 Å². The standard InChI is InChI=1S/C13H6Cl2FNOS/c14-10-4-2-8(6-11(10)15)17-13(18)9-3-1-7(16)5-12(9)19-17/h1-6H. The first-order valence-electron chi connectivity index (χ1n) is 5.33. The van der Waals surface area contributed by atoms with Crippen molar-refractivity contribution in [2.75, 3.05) is 0 Å². The number of hydrogen-bond donors (Lipinski definition) is 0. The summed E-state index contributed by atoms with van der Waals surface area (Å²) in [4.78, 5) is 12.2. The summed E-state index contributed by atoms with van der Waals surface area (Å²) in [5, 5.41) is 1.28. The Morgan fingerprint density at radius 1 is 1.05 bits per heavy atom. The number of aromatic nitrogens is 1. The molecule has 6 heteroatoms. The summed E-state index contributed by atoms with van der Waals surface area (Å²) >= 11 is 12.9. The number of hydrogen-bond acceptors (Lipinski definition) is 2. The third kappa shape index (κ3) is 2.16. The first-order chi connectivity index (χ1) is 9.06. The Morgan fingerprint density at radius 3 is 2.58 bits per heavy atom. The molecule has 0 amide bonds. The number of fused-ring (bicyclic) bond motifs is 1. The maximum atomic E-state index is 13.2. The highest BCUT2D eigenvalue weighted by Crippen LogP contribution is 2.26. The molecule has 0 radical (unpaired) electrons. The van der Waals surface area contributed by atoms with E-state index < -0.39 is 0 Å². The second kappa shape index (κ2) is 4.63. The number of benzene rings is 2. The fourth-order valence-corrected chi connectivity index (χ4v) is 3.09. The number of nitrogens with zero attached hydrogens (tertiary/aromatic N) is 1. The van der Waals surface area contributed by atoms with Crippen molar-refractivity contribution in [2.45, 2.75) is 0 Å². The predicted molar refractivity (Wildman–Crippen MR) is 77.4 cm³/mol. The van der Waals surface area contributed by atoms with Crippen molar-refractivity contribution in [3.05, 3.63) is 62.6 Å². The van der Waals surface area contributed by atoms with Crippen LogP contribution in [0, 0.1) is 5.82 Å². The molecule has 3 rings (SSSR count). The van der Waals surface area contributed by atoms with Crippen LogP contribution >= 0.6 is 34.7 Å². The molecule has 0 aliphatic rings. The number of halogens is 3. The Hall–Kier alpha value is -1.36. The molecule has 0 atom stereocenters. The molecule has 2 aromatic carbocycles. The molecule has 0 bridgehead atoms. The van der Waals surface area contributed by atoms with Gasteiger partial charge in [0, 0.05) is 0 Å². The van der Waals surface area contributed by atoms with Gasteiger partial charge in [-0.3, -0.25) is 4.79 Å². The van der Waals surface area contributed by atoms with Crippen molar-refractivity contribution >= 4 is 44.8 Å². The van der Waals surface area contributed by atoms with Crippen LogP contribution in [0.5, 0.6) is 0 Å². The molecule has 0 saturated carbocycles. The molecular formula is C13H6Cl2FNOS. The van der Waals surface area contributed by atoms with Crippen LogP contribution in [0.15, 0.2) is 41.2 Å². The van der Waals surface area contributed by atoms with Crippen molar-refractivity contribution < 1.29 is 4.39 Å². The fraction of sp³-hybridized carbons (Fsp3) is 0. The zero-order chi connectivity index (χ0) is 13.6. The van der Waals surface area contributed by atoms with E-state index in [0.717, 1.165) is 0 Å². The smallest absolute Gasteiger partial charge is 0.267 e. The molecule has 3 aromatic rings. The molecule has 1 aromatic heterocycles. The van der Waals surface area contributed by atoms with Crippen LogP contribution in [0.1, 0.15) is 0 Å². The summed E-state index contributed by atoms with van der Waals surface area (Å²) in [6.45, 7) is 0. The van der Waals surface area contributed by atoms with E-state index in [1.807, 2.05) is 0 Å². The Balaban J connectivity index is 2.27. The average Bonchev–Trinajstić information content (AvgIpc) is 2.70. The number of rotatable bonds is 1. The van der Waals surface area contributed by atoms with Crippen molar-refractivity contribution in [2.24, 2.45) is 0 Å². The highest BCUT2D eigenvalue weighted by molar-refractivity contribution is 7.14. The van der Waals surface area contributed by atoms with Gasteiger partial charge in [-0.25, -0.2) is 8.35 Å². The summed E-state index contributed by atoms with van der Waals surface area (Å²) in [5.41, 5.74) is 0.416. The fourth-order valence-electron chi connectivity index (χ4n) is 1.78. The van der Waals surface area contributed by atoms with Crippen molar-refractivity contribution in [3.63, 3.8) is 0 Å². The Bertz CT molecular complexity index is 840. The van der Waals surface area contributed by atoms with Crippen LogP contribution in [0.25, 0.3) is 15.8 Å². The lowest BCUT2D eigenvalue weighted by Gasteiger charge is -2.01. The minimum Gasteiger partial charge on any atom is -0.267 e. The second-order valence-electron chi connectivity index (χ2n) is 3.93. The summed E-state index contributed by atoms with van der Waals surface area (Å²) < 4.78 is 15.2. The predicted octanol–water partition coefficient (Wildman–Crippen LogP) is 4.50. The minimum atomic E-state index is -0.366. The molecule has 0 aliphatic heterocycles. The average molecular weight is 314 g/mol. The molecule has 2 nitrogen and oxygen atoms in total. The summed E-state index contributed by atoms with van der Waals surface area (Å²) in [7, 11) is 0. The third-order valence-corrected chi connectivity index (χ3v) is 4.52. The van der Waals surface area contributed by atoms with E-state index >= 15 is 0 Å². The Morgan fingerprint density at radius 2 is 1.84 bits per heavy atom. The van der Waals surface area contributed by atoms with E-state index in [4.69, 9.17) is 23.2 Å². The SMILES string of the molecule is O=c1c2ccc(F)cc2sn1-c1ccc(Cl)c(Cl)c1. The summed E-state index contributed by atoms with van der Waals surface area (Å²) in [6.07, 6.45) is 0. The van der Waals surface area contributed by atoms with Crippen LogP contribution in [0.2, 0.25) is 10.0 Å². The molecule has 96 valence electrons. The highest BCUT2D eigenvalue weighted by atomic mass is 35.5. The monoisotopic (exact) mass is 313 g/mol. The van der Waals surface area contributed by atoms with Crippen LogP contribution in [0.4, 0.5) is 4.39 Å². The van der Waals surface area contributed by atoms with Gasteiger partial charge in [-0.15, -0.1) is 0 Å². The molecule has 0 fully saturated rings. The lowest BCUT2D eigenvalue weighted by atomic mass is 10.2. The van der Waals surface area contributed by atoms with Crippen LogP contribution in [-0.2, 0) is 0 Å². The lowest BCUT2D eigenvalue weighted by molar-refractivity contribution is 0.630. The zero-order valence-electron chi connectivity index (χ0n) is 9.36. The van der Waals surface area contributed by atoms with E-state index in [1.54, 1.807) is 18.2 Å². The largest absolute Gasteiger partial charge is 0.273 e. The molecule has 0 saturated heterocycles. The molecule has 1 heterocycles. The van der Waals surface area contributed by atoms with Gasteiger partial charge in [0.15, 0.2) is 0 Å². The maximum absolute atomic E-state index is 13.2. The van der Waals surface area contributed by atoms with Gasteiger partial charge in [0.1, 0.15) is 5.82 Å². The van der Waals surface area contributed by atoms with Crippen LogP contribution in [0.3, 0.4) is 0 Å². The maximum Gasteiger partial charge on any atom is 0.273 e. The van der Waals surface area contributed by atoms with Crippen molar-refractivity contribution in [3.8, 4) is 5.69 Å². The van der Waals surface area contributed by atoms with Gasteiger partial charge in [0.2, 0.25) is 0 Å². The van der Waals surface area contributed by atoms with E-state index in [0.29, 0.717) is 25.8 Å². The molecule has 0 aliphatic carbocycles. The van der Waals surface area contributed by atoms with E-state index in [2.05, 4.69) is 0 Å². The topological polar surface area (TPSA) is 22.0 Å². The van der Waals surface area contributed by atoms with E-state index in [9.17, 15) is 9.18 Å². The molecule has 19 heavy (non-hydrogen) atoms. The van der Waals surface area contributed by atoms with Crippen LogP contribution < -0.4 is 5.56 Å². The summed E-state index contributed by atoms with van der Waals surface area (Å²) in [5.74, 6) is -0.366. The molecule has 0 N–H and O–H groups in total. The first kappa shape index (κ1) is 12.7. The van der Waals surface area contributed by atoms with Gasteiger partial charge in [-0.2, -0.15) is 0 Å². The second-order valence-corrected chi connectivity index (χ2v) is 5.73. The Kier molecular flexibility index (Phi) is 3.09. The quantitative estimate of drug-likeness (QED) is 0.648. The zero-order valence-corrected chi connectivity index (χ0v) is 11.7. The highest BCUT2D eigenvalue weighted by Gasteiger charge is 2.11. The third-order valence-electron chi connectivity index (χ3n) is 2.69. The van der Waals surface area contributed by atoms with Crippen molar-refractivity contribution in [1.82, 2.24) is 3.96 Å². The van der Waals surface area contributed by atoms with Gasteiger partial charge in [0.25, 0.3) is 5.56 Å². The van der Waals surface area contributed by atoms with E-state index in [1.165, 1.54) is 33.7 Å². The van der Waals surface area contributed by atoms with Gasteiger partial charge in [-0.1, -0.05) is 34.7 Å². The van der Waals surface area contributed by atoms with Gasteiger partial charge >= 0.3 is 0 Å². The van der Waals surface area contributed by atoms with Gasteiger partial charge in [0.05, 0.1) is 25.8 Å². The molecule has 0 spiro atoms. The van der Waals surface area contributed by atoms with Crippen molar-refractivity contribution in [1.29, 1.82) is 0 Å². The lowest BCUT2D eigenvalue weighted by Crippen LogP contribution is -2.10. The molecular weight excluding hydrogens is 308 g/mol. The first-order valence-corrected chi connectivity index (χ1v) is 6.86. The van der Waals surface area contributed by atoms with E-state index in [-0.39, 0.29) is 11.4 Å².